The maximum absolute atomic E-state index is 10.1. The van der Waals surface area contributed by atoms with E-state index in [1.807, 2.05) is 13.8 Å². The van der Waals surface area contributed by atoms with Crippen LogP contribution in [0.5, 0.6) is 5.75 Å². The maximum atomic E-state index is 10.1. The maximum Gasteiger partial charge on any atom is 0.187 e. The number of rotatable bonds is 1. The summed E-state index contributed by atoms with van der Waals surface area (Å²) < 4.78 is 2.77. The molecule has 4 rings (SSSR count). The molecule has 1 aromatic heterocycles. The van der Waals surface area contributed by atoms with Crippen molar-refractivity contribution in [2.45, 2.75) is 13.8 Å². The van der Waals surface area contributed by atoms with Gasteiger partial charge in [0.05, 0.1) is 0 Å². The van der Waals surface area contributed by atoms with Crippen molar-refractivity contribution in [3.8, 4) is 10.6 Å². The van der Waals surface area contributed by atoms with Gasteiger partial charge in [-0.1, -0.05) is 24.3 Å². The van der Waals surface area contributed by atoms with Crippen molar-refractivity contribution < 1.29 is 22.1 Å². The number of halogens is 1. The minimum Gasteiger partial charge on any atom is -1.00 e. The molecule has 0 spiro atoms. The Bertz CT molecular complexity index is 940. The molecule has 0 saturated heterocycles. The molecular formula is C20H17BrOS. The van der Waals surface area contributed by atoms with Crippen LogP contribution in [0.2, 0.25) is 0 Å². The second-order valence-electron chi connectivity index (χ2n) is 5.70. The highest BCUT2D eigenvalue weighted by Gasteiger charge is 2.24. The lowest BCUT2D eigenvalue weighted by Crippen LogP contribution is -3.00. The van der Waals surface area contributed by atoms with Crippen LogP contribution in [0.1, 0.15) is 11.1 Å². The van der Waals surface area contributed by atoms with Gasteiger partial charge in [-0.25, -0.2) is 0 Å². The van der Waals surface area contributed by atoms with Crippen LogP contribution in [0, 0.1) is 13.8 Å². The molecule has 0 radical (unpaired) electrons. The summed E-state index contributed by atoms with van der Waals surface area (Å²) >= 11 is 0. The van der Waals surface area contributed by atoms with Gasteiger partial charge in [-0.3, -0.25) is 0 Å². The summed E-state index contributed by atoms with van der Waals surface area (Å²) in [6, 6.07) is 21.6. The van der Waals surface area contributed by atoms with Gasteiger partial charge < -0.3 is 22.1 Å². The molecule has 0 aliphatic heterocycles. The Balaban J connectivity index is 0.00000156. The summed E-state index contributed by atoms with van der Waals surface area (Å²) in [6.07, 6.45) is 0. The monoisotopic (exact) mass is 384 g/mol. The van der Waals surface area contributed by atoms with Crippen molar-refractivity contribution in [1.82, 2.24) is 0 Å². The van der Waals surface area contributed by atoms with Gasteiger partial charge in [0.1, 0.15) is 5.75 Å². The smallest absolute Gasteiger partial charge is 0.187 e. The van der Waals surface area contributed by atoms with E-state index in [1.165, 1.54) is 25.1 Å². The van der Waals surface area contributed by atoms with E-state index in [2.05, 4.69) is 60.7 Å². The van der Waals surface area contributed by atoms with E-state index in [4.69, 9.17) is 0 Å². The molecule has 116 valence electrons. The quantitative estimate of drug-likeness (QED) is 0.500. The lowest BCUT2D eigenvalue weighted by atomic mass is 10.1. The molecule has 23 heavy (non-hydrogen) atoms. The molecule has 3 heteroatoms. The van der Waals surface area contributed by atoms with Crippen molar-refractivity contribution in [1.29, 1.82) is 0 Å². The molecule has 1 heterocycles. The third-order valence-electron chi connectivity index (χ3n) is 4.20. The van der Waals surface area contributed by atoms with E-state index in [1.54, 1.807) is 0 Å². The summed E-state index contributed by atoms with van der Waals surface area (Å²) in [7, 11) is -0.0805. The number of aromatic hydroxyl groups is 1. The third-order valence-corrected chi connectivity index (χ3v) is 6.50. The van der Waals surface area contributed by atoms with Crippen LogP contribution in [0.15, 0.2) is 60.7 Å². The van der Waals surface area contributed by atoms with Crippen molar-refractivity contribution in [2.75, 3.05) is 0 Å². The molecule has 1 N–H and O–H groups in total. The van der Waals surface area contributed by atoms with E-state index in [9.17, 15) is 5.11 Å². The van der Waals surface area contributed by atoms with Crippen LogP contribution in [0.3, 0.4) is 0 Å². The average molecular weight is 385 g/mol. The van der Waals surface area contributed by atoms with Crippen LogP contribution >= 0.6 is 10.5 Å². The van der Waals surface area contributed by atoms with Gasteiger partial charge in [0.2, 0.25) is 0 Å². The first-order chi connectivity index (χ1) is 10.7. The minimum absolute atomic E-state index is 0. The zero-order valence-electron chi connectivity index (χ0n) is 13.0. The number of aryl methyl sites for hydroxylation is 2. The molecule has 1 nitrogen and oxygen atoms in total. The highest BCUT2D eigenvalue weighted by atomic mass is 79.9. The largest absolute Gasteiger partial charge is 1.00 e. The van der Waals surface area contributed by atoms with E-state index < -0.39 is 0 Å². The Hall–Kier alpha value is -1.84. The highest BCUT2D eigenvalue weighted by Crippen LogP contribution is 2.49. The zero-order chi connectivity index (χ0) is 15.3. The number of phenols is 1. The average Bonchev–Trinajstić information content (AvgIpc) is 2.87. The first kappa shape index (κ1) is 16.0. The van der Waals surface area contributed by atoms with E-state index >= 15 is 0 Å². The van der Waals surface area contributed by atoms with Crippen molar-refractivity contribution in [3.63, 3.8) is 0 Å². The number of thiophene rings is 1. The molecule has 0 saturated carbocycles. The van der Waals surface area contributed by atoms with Gasteiger partial charge in [0, 0.05) is 33.4 Å². The van der Waals surface area contributed by atoms with E-state index in [0.29, 0.717) is 5.75 Å². The standard InChI is InChI=1S/C20H16OS.BrH/c1-13-11-15(12-14(2)20(13)21)22-18-9-5-3-7-16(18)17-8-4-6-10-19(17)22;/h3-12H,1-2H3;1H. The summed E-state index contributed by atoms with van der Waals surface area (Å²) in [5.41, 5.74) is 1.90. The Morgan fingerprint density at radius 1 is 0.739 bits per heavy atom. The van der Waals surface area contributed by atoms with Gasteiger partial charge in [0.25, 0.3) is 0 Å². The lowest BCUT2D eigenvalue weighted by Gasteiger charge is -2.03. The highest BCUT2D eigenvalue weighted by molar-refractivity contribution is 7.50. The van der Waals surface area contributed by atoms with Crippen LogP contribution in [0.25, 0.3) is 25.1 Å². The molecule has 4 aromatic rings. The molecule has 0 bridgehead atoms. The SMILES string of the molecule is Cc1cc(-[s+]2c3ccccc3c3ccccc32)cc(C)c1O.[Br-]. The normalized spacial score (nSPS) is 10.9. The number of benzene rings is 3. The molecule has 0 fully saturated rings. The Morgan fingerprint density at radius 2 is 1.17 bits per heavy atom. The summed E-state index contributed by atoms with van der Waals surface area (Å²) in [5, 5.41) is 12.7. The van der Waals surface area contributed by atoms with Gasteiger partial charge in [-0.15, -0.1) is 0 Å². The van der Waals surface area contributed by atoms with Crippen LogP contribution < -0.4 is 17.0 Å². The predicted octanol–water partition coefficient (Wildman–Crippen LogP) is 3.06. The molecular weight excluding hydrogens is 368 g/mol. The fourth-order valence-corrected chi connectivity index (χ4v) is 5.70. The van der Waals surface area contributed by atoms with Crippen LogP contribution in [-0.4, -0.2) is 5.11 Å². The van der Waals surface area contributed by atoms with Gasteiger partial charge >= 0.3 is 0 Å². The number of hydrogen-bond acceptors (Lipinski definition) is 1. The van der Waals surface area contributed by atoms with Crippen LogP contribution in [-0.2, 0) is 0 Å². The number of fused-ring (bicyclic) bond motifs is 3. The van der Waals surface area contributed by atoms with Crippen molar-refractivity contribution >= 4 is 30.6 Å². The van der Waals surface area contributed by atoms with E-state index in [-0.39, 0.29) is 27.5 Å². The molecule has 3 aromatic carbocycles. The Morgan fingerprint density at radius 3 is 1.65 bits per heavy atom. The molecule has 0 aliphatic carbocycles. The second kappa shape index (κ2) is 5.99. The van der Waals surface area contributed by atoms with Gasteiger partial charge in [-0.05, 0) is 49.2 Å². The van der Waals surface area contributed by atoms with Gasteiger partial charge in [-0.2, -0.15) is 0 Å². The Labute approximate surface area is 148 Å². The fraction of sp³-hybridized carbons (Fsp3) is 0.100. The first-order valence-corrected chi connectivity index (χ1v) is 8.62. The minimum atomic E-state index is -0.0805. The van der Waals surface area contributed by atoms with E-state index in [0.717, 1.165) is 11.1 Å². The molecule has 0 amide bonds. The first-order valence-electron chi connectivity index (χ1n) is 7.40. The second-order valence-corrected chi connectivity index (χ2v) is 7.67. The zero-order valence-corrected chi connectivity index (χ0v) is 15.4. The summed E-state index contributed by atoms with van der Waals surface area (Å²) in [6.45, 7) is 3.95. The molecule has 0 atom stereocenters. The van der Waals surface area contributed by atoms with Crippen molar-refractivity contribution in [2.24, 2.45) is 0 Å². The topological polar surface area (TPSA) is 20.2 Å². The summed E-state index contributed by atoms with van der Waals surface area (Å²) in [5.74, 6) is 0.410. The predicted molar refractivity (Wildman–Crippen MR) is 96.4 cm³/mol. The van der Waals surface area contributed by atoms with Crippen molar-refractivity contribution in [3.05, 3.63) is 71.8 Å². The number of phenolic OH excluding ortho intramolecular Hbond substituents is 1. The number of hydrogen-bond donors (Lipinski definition) is 1. The molecule has 0 aliphatic rings. The Kier molecular flexibility index (Phi) is 4.17. The third kappa shape index (κ3) is 2.44. The lowest BCUT2D eigenvalue weighted by molar-refractivity contribution is -0.00000516. The molecule has 0 unspecified atom stereocenters. The van der Waals surface area contributed by atoms with Gasteiger partial charge in [0.15, 0.2) is 14.3 Å². The van der Waals surface area contributed by atoms with Crippen LogP contribution in [0.4, 0.5) is 0 Å². The fourth-order valence-electron chi connectivity index (χ4n) is 3.14. The summed E-state index contributed by atoms with van der Waals surface area (Å²) in [4.78, 5) is 1.28.